The molecule has 1 rings (SSSR count). The van der Waals surface area contributed by atoms with Crippen LogP contribution in [0.4, 0.5) is 0 Å². The summed E-state index contributed by atoms with van der Waals surface area (Å²) in [6.07, 6.45) is 3.69. The number of rotatable bonds is 4. The van der Waals surface area contributed by atoms with Crippen molar-refractivity contribution in [3.63, 3.8) is 0 Å². The second-order valence-corrected chi connectivity index (χ2v) is 3.05. The SMILES string of the molecule is Cl.O=C(O)CCCN1CCCC1. The molecule has 0 atom stereocenters. The topological polar surface area (TPSA) is 40.5 Å². The van der Waals surface area contributed by atoms with Gasteiger partial charge in [0, 0.05) is 6.42 Å². The molecule has 3 nitrogen and oxygen atoms in total. The lowest BCUT2D eigenvalue weighted by Crippen LogP contribution is -2.20. The van der Waals surface area contributed by atoms with E-state index in [1.54, 1.807) is 0 Å². The lowest BCUT2D eigenvalue weighted by Gasteiger charge is -2.12. The van der Waals surface area contributed by atoms with Gasteiger partial charge in [-0.25, -0.2) is 0 Å². The molecule has 0 saturated carbocycles. The molecule has 0 aromatic heterocycles. The van der Waals surface area contributed by atoms with Crippen LogP contribution in [0.1, 0.15) is 25.7 Å². The molecule has 1 heterocycles. The molecular weight excluding hydrogens is 178 g/mol. The molecule has 0 amide bonds. The van der Waals surface area contributed by atoms with Crippen LogP contribution in [0.15, 0.2) is 0 Å². The number of hydrogen-bond donors (Lipinski definition) is 1. The van der Waals surface area contributed by atoms with Gasteiger partial charge < -0.3 is 10.0 Å². The summed E-state index contributed by atoms with van der Waals surface area (Å²) in [6.45, 7) is 3.30. The minimum absolute atomic E-state index is 0. The summed E-state index contributed by atoms with van der Waals surface area (Å²) in [6, 6.07) is 0. The maximum Gasteiger partial charge on any atom is 0.303 e. The smallest absolute Gasteiger partial charge is 0.303 e. The van der Waals surface area contributed by atoms with E-state index in [9.17, 15) is 4.79 Å². The summed E-state index contributed by atoms with van der Waals surface area (Å²) in [4.78, 5) is 12.5. The Morgan fingerprint density at radius 3 is 2.42 bits per heavy atom. The first-order valence-corrected chi connectivity index (χ1v) is 4.23. The molecule has 1 aliphatic rings. The number of likely N-dealkylation sites (tertiary alicyclic amines) is 1. The molecule has 0 aromatic rings. The highest BCUT2D eigenvalue weighted by Crippen LogP contribution is 2.07. The number of nitrogens with zero attached hydrogens (tertiary/aromatic N) is 1. The van der Waals surface area contributed by atoms with Gasteiger partial charge in [0.2, 0.25) is 0 Å². The predicted octanol–water partition coefficient (Wildman–Crippen LogP) is 1.37. The molecule has 0 unspecified atom stereocenters. The Labute approximate surface area is 79.2 Å². The molecular formula is C8H16ClNO2. The molecule has 0 aliphatic carbocycles. The number of carboxylic acid groups (broad SMARTS) is 1. The number of aliphatic carboxylic acids is 1. The average Bonchev–Trinajstić information content (AvgIpc) is 2.39. The summed E-state index contributed by atoms with van der Waals surface area (Å²) in [5.74, 6) is -0.677. The van der Waals surface area contributed by atoms with Gasteiger partial charge in [-0.15, -0.1) is 12.4 Å². The van der Waals surface area contributed by atoms with Gasteiger partial charge >= 0.3 is 5.97 Å². The van der Waals surface area contributed by atoms with Gasteiger partial charge in [0.1, 0.15) is 0 Å². The highest BCUT2D eigenvalue weighted by molar-refractivity contribution is 5.85. The quantitative estimate of drug-likeness (QED) is 0.733. The molecule has 1 aliphatic heterocycles. The Morgan fingerprint density at radius 2 is 1.92 bits per heavy atom. The molecule has 4 heteroatoms. The fourth-order valence-corrected chi connectivity index (χ4v) is 1.46. The van der Waals surface area contributed by atoms with E-state index < -0.39 is 5.97 Å². The summed E-state index contributed by atoms with van der Waals surface area (Å²) < 4.78 is 0. The fraction of sp³-hybridized carbons (Fsp3) is 0.875. The molecule has 1 fully saturated rings. The Kier molecular flexibility index (Phi) is 6.11. The van der Waals surface area contributed by atoms with Gasteiger partial charge in [-0.05, 0) is 38.9 Å². The third-order valence-corrected chi connectivity index (χ3v) is 2.06. The van der Waals surface area contributed by atoms with Crippen molar-refractivity contribution < 1.29 is 9.90 Å². The second kappa shape index (κ2) is 6.26. The number of carbonyl (C=O) groups is 1. The zero-order valence-electron chi connectivity index (χ0n) is 7.16. The van der Waals surface area contributed by atoms with Gasteiger partial charge in [0.25, 0.3) is 0 Å². The highest BCUT2D eigenvalue weighted by Gasteiger charge is 2.10. The first-order chi connectivity index (χ1) is 5.29. The summed E-state index contributed by atoms with van der Waals surface area (Å²) in [5, 5.41) is 8.37. The molecule has 72 valence electrons. The van der Waals surface area contributed by atoms with Crippen LogP contribution in [0, 0.1) is 0 Å². The Hall–Kier alpha value is -0.280. The average molecular weight is 194 g/mol. The van der Waals surface area contributed by atoms with Crippen molar-refractivity contribution in [3.05, 3.63) is 0 Å². The van der Waals surface area contributed by atoms with Gasteiger partial charge in [-0.1, -0.05) is 0 Å². The zero-order chi connectivity index (χ0) is 8.10. The normalized spacial score (nSPS) is 17.3. The Morgan fingerprint density at radius 1 is 1.33 bits per heavy atom. The molecule has 0 bridgehead atoms. The van der Waals surface area contributed by atoms with Crippen LogP contribution in [0.5, 0.6) is 0 Å². The molecule has 0 radical (unpaired) electrons. The number of carboxylic acids is 1. The Balaban J connectivity index is 0.00000121. The largest absolute Gasteiger partial charge is 0.481 e. The van der Waals surface area contributed by atoms with E-state index in [0.717, 1.165) is 13.0 Å². The van der Waals surface area contributed by atoms with E-state index >= 15 is 0 Å². The standard InChI is InChI=1S/C8H15NO2.ClH/c10-8(11)4-3-7-9-5-1-2-6-9;/h1-7H2,(H,10,11);1H. The van der Waals surface area contributed by atoms with Crippen LogP contribution >= 0.6 is 12.4 Å². The van der Waals surface area contributed by atoms with E-state index in [4.69, 9.17) is 5.11 Å². The van der Waals surface area contributed by atoms with E-state index in [-0.39, 0.29) is 12.4 Å². The van der Waals surface area contributed by atoms with E-state index in [2.05, 4.69) is 4.90 Å². The van der Waals surface area contributed by atoms with Crippen molar-refractivity contribution in [2.75, 3.05) is 19.6 Å². The molecule has 0 spiro atoms. The fourth-order valence-electron chi connectivity index (χ4n) is 1.46. The van der Waals surface area contributed by atoms with Crippen LogP contribution in [0.25, 0.3) is 0 Å². The minimum Gasteiger partial charge on any atom is -0.481 e. The number of hydrogen-bond acceptors (Lipinski definition) is 2. The van der Waals surface area contributed by atoms with Crippen LogP contribution < -0.4 is 0 Å². The summed E-state index contributed by atoms with van der Waals surface area (Å²) >= 11 is 0. The van der Waals surface area contributed by atoms with E-state index in [1.165, 1.54) is 25.9 Å². The van der Waals surface area contributed by atoms with Crippen molar-refractivity contribution in [2.45, 2.75) is 25.7 Å². The van der Waals surface area contributed by atoms with Crippen molar-refractivity contribution >= 4 is 18.4 Å². The van der Waals surface area contributed by atoms with E-state index in [0.29, 0.717) is 6.42 Å². The van der Waals surface area contributed by atoms with Crippen molar-refractivity contribution in [2.24, 2.45) is 0 Å². The highest BCUT2D eigenvalue weighted by atomic mass is 35.5. The number of halogens is 1. The van der Waals surface area contributed by atoms with Gasteiger partial charge in [-0.2, -0.15) is 0 Å². The van der Waals surface area contributed by atoms with Gasteiger partial charge in [-0.3, -0.25) is 4.79 Å². The first-order valence-electron chi connectivity index (χ1n) is 4.23. The van der Waals surface area contributed by atoms with Crippen LogP contribution in [-0.2, 0) is 4.79 Å². The first kappa shape index (κ1) is 11.7. The predicted molar refractivity (Wildman–Crippen MR) is 49.8 cm³/mol. The van der Waals surface area contributed by atoms with Gasteiger partial charge in [0.15, 0.2) is 0 Å². The molecule has 0 aromatic carbocycles. The van der Waals surface area contributed by atoms with Gasteiger partial charge in [0.05, 0.1) is 0 Å². The second-order valence-electron chi connectivity index (χ2n) is 3.05. The molecule has 12 heavy (non-hydrogen) atoms. The van der Waals surface area contributed by atoms with E-state index in [1.807, 2.05) is 0 Å². The van der Waals surface area contributed by atoms with Crippen LogP contribution in [-0.4, -0.2) is 35.6 Å². The molecule has 1 N–H and O–H groups in total. The third kappa shape index (κ3) is 4.57. The lowest BCUT2D eigenvalue weighted by atomic mass is 10.3. The van der Waals surface area contributed by atoms with Crippen LogP contribution in [0.3, 0.4) is 0 Å². The van der Waals surface area contributed by atoms with Crippen molar-refractivity contribution in [1.82, 2.24) is 4.90 Å². The third-order valence-electron chi connectivity index (χ3n) is 2.06. The maximum absolute atomic E-state index is 10.2. The monoisotopic (exact) mass is 193 g/mol. The molecule has 1 saturated heterocycles. The van der Waals surface area contributed by atoms with Crippen molar-refractivity contribution in [1.29, 1.82) is 0 Å². The van der Waals surface area contributed by atoms with Crippen molar-refractivity contribution in [3.8, 4) is 0 Å². The maximum atomic E-state index is 10.2. The lowest BCUT2D eigenvalue weighted by molar-refractivity contribution is -0.137. The summed E-state index contributed by atoms with van der Waals surface area (Å²) in [7, 11) is 0. The van der Waals surface area contributed by atoms with Crippen LogP contribution in [0.2, 0.25) is 0 Å². The minimum atomic E-state index is -0.677. The Bertz CT molecular complexity index is 135. The zero-order valence-corrected chi connectivity index (χ0v) is 7.98. The summed E-state index contributed by atoms with van der Waals surface area (Å²) in [5.41, 5.74) is 0.